The van der Waals surface area contributed by atoms with Crippen molar-refractivity contribution in [3.63, 3.8) is 0 Å². The van der Waals surface area contributed by atoms with E-state index in [1.54, 1.807) is 0 Å². The molecule has 1 N–H and O–H groups in total. The van der Waals surface area contributed by atoms with E-state index in [9.17, 15) is 0 Å². The van der Waals surface area contributed by atoms with Crippen molar-refractivity contribution in [1.29, 1.82) is 0 Å². The molecule has 2 rings (SSSR count). The zero-order valence-electron chi connectivity index (χ0n) is 12.7. The number of imidazole rings is 1. The van der Waals surface area contributed by atoms with Gasteiger partial charge in [0.2, 0.25) is 0 Å². The molecule has 7 heteroatoms. The monoisotopic (exact) mass is 303 g/mol. The summed E-state index contributed by atoms with van der Waals surface area (Å²) in [5.74, 6) is 1.33. The van der Waals surface area contributed by atoms with Gasteiger partial charge in [-0.15, -0.1) is 0 Å². The van der Waals surface area contributed by atoms with Gasteiger partial charge in [-0.2, -0.15) is 0 Å². The minimum Gasteiger partial charge on any atom is -0.748 e. The molecule has 1 aliphatic rings. The topological polar surface area (TPSA) is 78.0 Å². The maximum Gasteiger partial charge on any atom is 0.253 e. The summed E-state index contributed by atoms with van der Waals surface area (Å²) in [6.07, 6.45) is 8.94. The van der Waals surface area contributed by atoms with E-state index < -0.39 is 10.1 Å². The van der Waals surface area contributed by atoms with Gasteiger partial charge < -0.3 is 9.87 Å². The van der Waals surface area contributed by atoms with E-state index in [0.717, 1.165) is 0 Å². The maximum absolute atomic E-state index is 9.08. The van der Waals surface area contributed by atoms with Crippen LogP contribution in [0, 0.1) is 6.92 Å². The molecule has 6 nitrogen and oxygen atoms in total. The Balaban J connectivity index is 0.000000347. The lowest BCUT2D eigenvalue weighted by atomic mass is 9.99. The van der Waals surface area contributed by atoms with Crippen LogP contribution in [-0.2, 0) is 17.2 Å². The van der Waals surface area contributed by atoms with Gasteiger partial charge in [-0.1, -0.05) is 6.42 Å². The van der Waals surface area contributed by atoms with Crippen molar-refractivity contribution in [3.8, 4) is 0 Å². The lowest BCUT2D eigenvalue weighted by Crippen LogP contribution is -2.41. The summed E-state index contributed by atoms with van der Waals surface area (Å²) in [4.78, 5) is 0. The Bertz CT molecular complexity index is 511. The smallest absolute Gasteiger partial charge is 0.253 e. The standard InChI is InChI=1S/C12H22N3.CH4O3S/c1-10(12-6-4-5-7-13-12)15-9-8-14(3)11(15)2;1-5(2,3)4/h8-10,12-13H,4-7H2,1-3H3;1H3,(H,2,3,4)/q+1;/p-1. The molecule has 2 unspecified atom stereocenters. The molecule has 20 heavy (non-hydrogen) atoms. The van der Waals surface area contributed by atoms with Crippen molar-refractivity contribution in [2.75, 3.05) is 12.8 Å². The van der Waals surface area contributed by atoms with Gasteiger partial charge in [0, 0.05) is 19.2 Å². The predicted molar refractivity (Wildman–Crippen MR) is 76.3 cm³/mol. The highest BCUT2D eigenvalue weighted by Crippen LogP contribution is 2.19. The average Bonchev–Trinajstić information content (AvgIpc) is 2.68. The Morgan fingerprint density at radius 3 is 2.50 bits per heavy atom. The number of hydrogen-bond donors (Lipinski definition) is 1. The number of aromatic nitrogens is 2. The van der Waals surface area contributed by atoms with E-state index in [-0.39, 0.29) is 0 Å². The van der Waals surface area contributed by atoms with E-state index >= 15 is 0 Å². The summed E-state index contributed by atoms with van der Waals surface area (Å²) in [7, 11) is -1.81. The second kappa shape index (κ2) is 7.19. The third-order valence-corrected chi connectivity index (χ3v) is 3.70. The van der Waals surface area contributed by atoms with Crippen LogP contribution in [0.4, 0.5) is 0 Å². The first-order chi connectivity index (χ1) is 9.20. The summed E-state index contributed by atoms with van der Waals surface area (Å²) in [5.41, 5.74) is 0. The molecule has 1 aromatic heterocycles. The molecule has 1 saturated heterocycles. The van der Waals surface area contributed by atoms with Crippen molar-refractivity contribution < 1.29 is 17.5 Å². The predicted octanol–water partition coefficient (Wildman–Crippen LogP) is 0.486. The van der Waals surface area contributed by atoms with Crippen molar-refractivity contribution in [3.05, 3.63) is 18.2 Å². The van der Waals surface area contributed by atoms with Gasteiger partial charge in [0.15, 0.2) is 0 Å². The molecule has 116 valence electrons. The van der Waals surface area contributed by atoms with Gasteiger partial charge in [-0.05, 0) is 26.3 Å². The summed E-state index contributed by atoms with van der Waals surface area (Å²) in [5, 5.41) is 3.62. The van der Waals surface area contributed by atoms with Crippen molar-refractivity contribution >= 4 is 10.1 Å². The molecular formula is C13H25N3O3S. The quantitative estimate of drug-likeness (QED) is 0.637. The molecule has 0 radical (unpaired) electrons. The zero-order chi connectivity index (χ0) is 15.3. The minimum atomic E-state index is -3.92. The van der Waals surface area contributed by atoms with E-state index in [1.807, 2.05) is 0 Å². The van der Waals surface area contributed by atoms with Crippen LogP contribution in [0.15, 0.2) is 12.4 Å². The summed E-state index contributed by atoms with van der Waals surface area (Å²) >= 11 is 0. The molecule has 0 aromatic carbocycles. The largest absolute Gasteiger partial charge is 0.748 e. The third-order valence-electron chi connectivity index (χ3n) is 3.70. The maximum atomic E-state index is 9.08. The van der Waals surface area contributed by atoms with Crippen LogP contribution in [0.3, 0.4) is 0 Å². The van der Waals surface area contributed by atoms with Crippen molar-refractivity contribution in [2.45, 2.75) is 45.2 Å². The molecule has 1 fully saturated rings. The summed E-state index contributed by atoms with van der Waals surface area (Å²) in [6, 6.07) is 1.20. The molecule has 0 bridgehead atoms. The fourth-order valence-corrected chi connectivity index (χ4v) is 2.48. The first kappa shape index (κ1) is 17.1. The fraction of sp³-hybridized carbons (Fsp3) is 0.769. The second-order valence-corrected chi connectivity index (χ2v) is 6.77. The van der Waals surface area contributed by atoms with Gasteiger partial charge >= 0.3 is 0 Å². The molecule has 2 atom stereocenters. The number of piperidine rings is 1. The summed E-state index contributed by atoms with van der Waals surface area (Å²) < 4.78 is 31.8. The second-order valence-electron chi connectivity index (χ2n) is 5.36. The van der Waals surface area contributed by atoms with E-state index in [0.29, 0.717) is 18.3 Å². The zero-order valence-corrected chi connectivity index (χ0v) is 13.5. The van der Waals surface area contributed by atoms with Crippen LogP contribution in [0.2, 0.25) is 0 Å². The number of rotatable bonds is 2. The molecule has 0 amide bonds. The molecule has 1 aliphatic heterocycles. The lowest BCUT2D eigenvalue weighted by Gasteiger charge is -2.27. The Kier molecular flexibility index (Phi) is 6.16. The normalized spacial score (nSPS) is 20.9. The molecule has 0 aliphatic carbocycles. The molecule has 1 aromatic rings. The number of nitrogens with zero attached hydrogens (tertiary/aromatic N) is 2. The van der Waals surface area contributed by atoms with Crippen LogP contribution >= 0.6 is 0 Å². The van der Waals surface area contributed by atoms with Crippen LogP contribution in [0.1, 0.15) is 38.1 Å². The number of nitrogens with one attached hydrogen (secondary N) is 1. The van der Waals surface area contributed by atoms with Crippen LogP contribution in [-0.4, -0.2) is 36.4 Å². The van der Waals surface area contributed by atoms with E-state index in [1.165, 1.54) is 31.6 Å². The molecule has 0 saturated carbocycles. The van der Waals surface area contributed by atoms with Gasteiger partial charge in [-0.25, -0.2) is 17.6 Å². The Morgan fingerprint density at radius 2 is 2.10 bits per heavy atom. The first-order valence-corrected chi connectivity index (χ1v) is 8.69. The molecule has 2 heterocycles. The van der Waals surface area contributed by atoms with Crippen LogP contribution < -0.4 is 9.88 Å². The highest BCUT2D eigenvalue weighted by Gasteiger charge is 2.26. The average molecular weight is 303 g/mol. The van der Waals surface area contributed by atoms with Crippen molar-refractivity contribution in [2.24, 2.45) is 7.05 Å². The third kappa shape index (κ3) is 5.60. The Hall–Kier alpha value is -0.920. The van der Waals surface area contributed by atoms with Gasteiger partial charge in [0.05, 0.1) is 17.2 Å². The van der Waals surface area contributed by atoms with Gasteiger partial charge in [-0.3, -0.25) is 0 Å². The highest BCUT2D eigenvalue weighted by molar-refractivity contribution is 7.84. The number of hydrogen-bond acceptors (Lipinski definition) is 4. The van der Waals surface area contributed by atoms with Crippen LogP contribution in [0.25, 0.3) is 0 Å². The first-order valence-electron chi connectivity index (χ1n) is 6.87. The Morgan fingerprint density at radius 1 is 1.50 bits per heavy atom. The van der Waals surface area contributed by atoms with Crippen molar-refractivity contribution in [1.82, 2.24) is 9.88 Å². The van der Waals surface area contributed by atoms with E-state index in [2.05, 4.69) is 47.7 Å². The van der Waals surface area contributed by atoms with Crippen LogP contribution in [0.5, 0.6) is 0 Å². The fourth-order valence-electron chi connectivity index (χ4n) is 2.48. The SMILES string of the molecule is CS(=O)(=O)[O-].Cc1n(C(C)C2CCCCN2)cc[n+]1C. The highest BCUT2D eigenvalue weighted by atomic mass is 32.2. The minimum absolute atomic E-state index is 0.562. The van der Waals surface area contributed by atoms with Gasteiger partial charge in [0.1, 0.15) is 18.4 Å². The van der Waals surface area contributed by atoms with Gasteiger partial charge in [0.25, 0.3) is 5.82 Å². The molecular weight excluding hydrogens is 278 g/mol. The Labute approximate surface area is 121 Å². The lowest BCUT2D eigenvalue weighted by molar-refractivity contribution is -0.677. The van der Waals surface area contributed by atoms with E-state index in [4.69, 9.17) is 13.0 Å². The summed E-state index contributed by atoms with van der Waals surface area (Å²) in [6.45, 7) is 5.68. The molecule has 0 spiro atoms. The number of aryl methyl sites for hydroxylation is 1.